The highest BCUT2D eigenvalue weighted by Crippen LogP contribution is 2.47. The molecule has 0 atom stereocenters. The topological polar surface area (TPSA) is 30.7 Å². The van der Waals surface area contributed by atoms with E-state index in [2.05, 4.69) is 205 Å². The molecule has 0 aliphatic carbocycles. The average molecular weight is 784 g/mol. The summed E-state index contributed by atoms with van der Waals surface area (Å²) in [6, 6.07) is 52.4. The van der Waals surface area contributed by atoms with Gasteiger partial charge >= 0.3 is 0 Å². The van der Waals surface area contributed by atoms with E-state index in [1.165, 1.54) is 38.0 Å². The molecule has 3 nitrogen and oxygen atoms in total. The third kappa shape index (κ3) is 6.92. The van der Waals surface area contributed by atoms with Gasteiger partial charge in [-0.05, 0) is 76.4 Å². The van der Waals surface area contributed by atoms with Gasteiger partial charge < -0.3 is 4.57 Å². The molecule has 0 bridgehead atoms. The minimum atomic E-state index is -0.0790. The Labute approximate surface area is 352 Å². The predicted molar refractivity (Wildman–Crippen MR) is 255 cm³/mol. The van der Waals surface area contributed by atoms with Crippen LogP contribution >= 0.6 is 11.3 Å². The van der Waals surface area contributed by atoms with Gasteiger partial charge in [-0.25, -0.2) is 9.97 Å². The summed E-state index contributed by atoms with van der Waals surface area (Å²) in [5, 5.41) is 2.38. The van der Waals surface area contributed by atoms with Crippen LogP contribution in [0.3, 0.4) is 0 Å². The molecule has 290 valence electrons. The molecule has 0 saturated carbocycles. The van der Waals surface area contributed by atoms with E-state index < -0.39 is 0 Å². The molecule has 0 aliphatic rings. The Bertz CT molecular complexity index is 3000. The number of hydrogen-bond acceptors (Lipinski definition) is 3. The smallest absolute Gasteiger partial charge is 0.160 e. The molecule has 9 aromatic rings. The van der Waals surface area contributed by atoms with Gasteiger partial charge in [0.05, 0.1) is 27.1 Å². The van der Waals surface area contributed by atoms with Gasteiger partial charge in [-0.1, -0.05) is 169 Å². The number of hydrogen-bond donors (Lipinski definition) is 0. The SMILES string of the molecule is C=C/C(=C\c1c(C)n(-c2c(-c3ccccc3)cc(-c3nc(-c4ccccc4)nc4c3sc3ccccc34)cc2-c2ccccc2)c2ccc(C(C)(C)C)cc12)C(C)(C)C. The molecular formula is C55H49N3S. The number of rotatable bonds is 7. The standard InChI is InChI=1S/C55H49N3S/c1-9-40(54(3,4)5)33-43-35(2)58(47-30-29-41(34-46(43)47)55(6,7)8)51-44(36-21-13-10-14-22-36)31-39(32-45(51)37-23-15-11-16-24-37)49-52-50(42-27-19-20-28-48(42)59-52)57-53(56-49)38-25-17-12-18-26-38/h9-34H,1H2,2-8H3/b40-33+. The van der Waals surface area contributed by atoms with Crippen molar-refractivity contribution in [1.82, 2.24) is 14.5 Å². The number of benzene rings is 6. The summed E-state index contributed by atoms with van der Waals surface area (Å²) < 4.78 is 4.79. The summed E-state index contributed by atoms with van der Waals surface area (Å²) in [6.45, 7) is 20.2. The Kier molecular flexibility index (Phi) is 9.57. The van der Waals surface area contributed by atoms with Gasteiger partial charge in [-0.3, -0.25) is 0 Å². The van der Waals surface area contributed by atoms with Crippen LogP contribution in [0.2, 0.25) is 0 Å². The van der Waals surface area contributed by atoms with Crippen LogP contribution in [0.4, 0.5) is 0 Å². The lowest BCUT2D eigenvalue weighted by Gasteiger charge is -2.22. The van der Waals surface area contributed by atoms with Crippen LogP contribution < -0.4 is 0 Å². The number of thiophene rings is 1. The van der Waals surface area contributed by atoms with E-state index in [0.717, 1.165) is 66.2 Å². The molecule has 0 N–H and O–H groups in total. The molecule has 0 unspecified atom stereocenters. The molecule has 0 saturated heterocycles. The third-order valence-corrected chi connectivity index (χ3v) is 12.7. The zero-order valence-corrected chi connectivity index (χ0v) is 35.8. The molecule has 0 radical (unpaired) electrons. The lowest BCUT2D eigenvalue weighted by atomic mass is 9.84. The minimum absolute atomic E-state index is 0.0173. The first kappa shape index (κ1) is 38.2. The van der Waals surface area contributed by atoms with Crippen LogP contribution in [0.25, 0.3) is 87.9 Å². The summed E-state index contributed by atoms with van der Waals surface area (Å²) in [5.41, 5.74) is 15.6. The lowest BCUT2D eigenvalue weighted by Crippen LogP contribution is -2.10. The van der Waals surface area contributed by atoms with E-state index in [1.54, 1.807) is 11.3 Å². The second-order valence-corrected chi connectivity index (χ2v) is 18.6. The highest BCUT2D eigenvalue weighted by Gasteiger charge is 2.26. The van der Waals surface area contributed by atoms with Crippen molar-refractivity contribution in [2.45, 2.75) is 53.9 Å². The summed E-state index contributed by atoms with van der Waals surface area (Å²) in [7, 11) is 0. The minimum Gasteiger partial charge on any atom is -0.312 e. The first-order valence-corrected chi connectivity index (χ1v) is 21.3. The lowest BCUT2D eigenvalue weighted by molar-refractivity contribution is 0.521. The monoisotopic (exact) mass is 783 g/mol. The van der Waals surface area contributed by atoms with Gasteiger partial charge in [0.15, 0.2) is 5.82 Å². The normalized spacial score (nSPS) is 12.5. The number of allylic oxidation sites excluding steroid dienone is 2. The molecular weight excluding hydrogens is 735 g/mol. The van der Waals surface area contributed by atoms with Crippen LogP contribution in [0.15, 0.2) is 164 Å². The van der Waals surface area contributed by atoms with Gasteiger partial charge in [0.1, 0.15) is 0 Å². The maximum atomic E-state index is 5.45. The molecule has 6 aromatic carbocycles. The van der Waals surface area contributed by atoms with Crippen LogP contribution in [-0.4, -0.2) is 14.5 Å². The first-order valence-electron chi connectivity index (χ1n) is 20.4. The quantitative estimate of drug-likeness (QED) is 0.151. The van der Waals surface area contributed by atoms with Gasteiger partial charge in [-0.2, -0.15) is 0 Å². The molecule has 4 heteroatoms. The second-order valence-electron chi connectivity index (χ2n) is 17.6. The van der Waals surface area contributed by atoms with Crippen molar-refractivity contribution in [2.75, 3.05) is 0 Å². The molecule has 0 aliphatic heterocycles. The fourth-order valence-corrected chi connectivity index (χ4v) is 9.46. The number of aromatic nitrogens is 3. The van der Waals surface area contributed by atoms with Crippen molar-refractivity contribution in [3.8, 4) is 50.6 Å². The highest BCUT2D eigenvalue weighted by atomic mass is 32.1. The van der Waals surface area contributed by atoms with Gasteiger partial charge in [-0.15, -0.1) is 11.3 Å². The van der Waals surface area contributed by atoms with Crippen LogP contribution in [0.5, 0.6) is 0 Å². The zero-order valence-electron chi connectivity index (χ0n) is 35.0. The fraction of sp³-hybridized carbons (Fsp3) is 0.164. The van der Waals surface area contributed by atoms with Crippen molar-refractivity contribution < 1.29 is 0 Å². The van der Waals surface area contributed by atoms with Crippen molar-refractivity contribution in [3.63, 3.8) is 0 Å². The van der Waals surface area contributed by atoms with Crippen LogP contribution in [0.1, 0.15) is 58.4 Å². The fourth-order valence-electron chi connectivity index (χ4n) is 8.31. The van der Waals surface area contributed by atoms with E-state index in [-0.39, 0.29) is 10.8 Å². The molecule has 3 aromatic heterocycles. The van der Waals surface area contributed by atoms with Crippen molar-refractivity contribution in [3.05, 3.63) is 181 Å². The van der Waals surface area contributed by atoms with Gasteiger partial charge in [0.25, 0.3) is 0 Å². The molecule has 3 heterocycles. The Morgan fingerprint density at radius 3 is 1.78 bits per heavy atom. The predicted octanol–water partition coefficient (Wildman–Crippen LogP) is 15.7. The van der Waals surface area contributed by atoms with Crippen LogP contribution in [-0.2, 0) is 5.41 Å². The van der Waals surface area contributed by atoms with E-state index in [9.17, 15) is 0 Å². The molecule has 9 rings (SSSR count). The Morgan fingerprint density at radius 1 is 0.627 bits per heavy atom. The molecule has 0 amide bonds. The molecule has 0 spiro atoms. The van der Waals surface area contributed by atoms with E-state index in [4.69, 9.17) is 9.97 Å². The van der Waals surface area contributed by atoms with E-state index in [0.29, 0.717) is 0 Å². The second kappa shape index (κ2) is 14.8. The van der Waals surface area contributed by atoms with E-state index in [1.807, 2.05) is 12.1 Å². The van der Waals surface area contributed by atoms with Gasteiger partial charge in [0, 0.05) is 49.0 Å². The average Bonchev–Trinajstić information content (AvgIpc) is 3.75. The maximum Gasteiger partial charge on any atom is 0.160 e. The van der Waals surface area contributed by atoms with Gasteiger partial charge in [0.2, 0.25) is 0 Å². The Morgan fingerprint density at radius 2 is 1.20 bits per heavy atom. The zero-order chi connectivity index (χ0) is 41.1. The van der Waals surface area contributed by atoms with Crippen molar-refractivity contribution >= 4 is 48.6 Å². The Hall–Kier alpha value is -6.36. The largest absolute Gasteiger partial charge is 0.312 e. The molecule has 59 heavy (non-hydrogen) atoms. The summed E-state index contributed by atoms with van der Waals surface area (Å²) >= 11 is 1.77. The van der Waals surface area contributed by atoms with Crippen molar-refractivity contribution in [1.29, 1.82) is 0 Å². The molecule has 0 fully saturated rings. The summed E-state index contributed by atoms with van der Waals surface area (Å²) in [6.07, 6.45) is 4.40. The van der Waals surface area contributed by atoms with Crippen molar-refractivity contribution in [2.24, 2.45) is 5.41 Å². The summed E-state index contributed by atoms with van der Waals surface area (Å²) in [5.74, 6) is 0.721. The number of nitrogens with zero attached hydrogens (tertiary/aromatic N) is 3. The third-order valence-electron chi connectivity index (χ3n) is 11.5. The number of fused-ring (bicyclic) bond motifs is 4. The van der Waals surface area contributed by atoms with E-state index >= 15 is 0 Å². The highest BCUT2D eigenvalue weighted by molar-refractivity contribution is 7.26. The first-order chi connectivity index (χ1) is 28.4. The maximum absolute atomic E-state index is 5.45. The Balaban J connectivity index is 1.44. The summed E-state index contributed by atoms with van der Waals surface area (Å²) in [4.78, 5) is 10.7. The van der Waals surface area contributed by atoms with Crippen LogP contribution in [0, 0.1) is 12.3 Å².